The molecule has 0 aliphatic heterocycles. The lowest BCUT2D eigenvalue weighted by Gasteiger charge is -2.13. The number of hydrogen-bond donors (Lipinski definition) is 0. The Balaban J connectivity index is 2.12. The van der Waals surface area contributed by atoms with Crippen LogP contribution < -0.4 is 0 Å². The molecule has 0 heterocycles. The third-order valence-electron chi connectivity index (χ3n) is 3.31. The van der Waals surface area contributed by atoms with E-state index in [0.717, 1.165) is 6.42 Å². The van der Waals surface area contributed by atoms with Gasteiger partial charge < -0.3 is 4.74 Å². The molecule has 0 N–H and O–H groups in total. The van der Waals surface area contributed by atoms with E-state index in [1.165, 1.54) is 52.1 Å². The van der Waals surface area contributed by atoms with Crippen molar-refractivity contribution in [2.24, 2.45) is 11.8 Å². The van der Waals surface area contributed by atoms with Crippen molar-refractivity contribution in [2.45, 2.75) is 58.3 Å². The van der Waals surface area contributed by atoms with Gasteiger partial charge in [-0.25, -0.2) is 0 Å². The minimum absolute atomic E-state index is 0.0213. The Morgan fingerprint density at radius 3 is 2.47 bits per heavy atom. The van der Waals surface area contributed by atoms with E-state index >= 15 is 0 Å². The molecule has 15 heavy (non-hydrogen) atoms. The van der Waals surface area contributed by atoms with Gasteiger partial charge in [-0.1, -0.05) is 39.0 Å². The Bertz CT molecular complexity index is 185. The first-order chi connectivity index (χ1) is 7.29. The van der Waals surface area contributed by atoms with Gasteiger partial charge in [-0.3, -0.25) is 4.79 Å². The van der Waals surface area contributed by atoms with Gasteiger partial charge in [0.05, 0.1) is 13.0 Å². The molecule has 1 aliphatic carbocycles. The highest BCUT2D eigenvalue weighted by Gasteiger charge is 2.36. The summed E-state index contributed by atoms with van der Waals surface area (Å²) in [6, 6.07) is 0. The Morgan fingerprint density at radius 2 is 1.93 bits per heavy atom. The quantitative estimate of drug-likeness (QED) is 0.454. The van der Waals surface area contributed by atoms with Gasteiger partial charge in [-0.05, 0) is 25.2 Å². The zero-order valence-electron chi connectivity index (χ0n) is 10.1. The highest BCUT2D eigenvalue weighted by atomic mass is 16.5. The lowest BCUT2D eigenvalue weighted by atomic mass is 9.96. The molecule has 88 valence electrons. The summed E-state index contributed by atoms with van der Waals surface area (Å²) in [7, 11) is 1.51. The van der Waals surface area contributed by atoms with E-state index in [2.05, 4.69) is 6.92 Å². The molecule has 0 aromatic carbocycles. The van der Waals surface area contributed by atoms with Crippen LogP contribution in [-0.2, 0) is 9.53 Å². The second kappa shape index (κ2) is 6.86. The Morgan fingerprint density at radius 1 is 1.27 bits per heavy atom. The maximum atomic E-state index is 11.5. The standard InChI is InChI=1S/C13H24O2/c1-3-4-5-6-7-8-12(11-9-10-11)13(14)15-2/h11-12H,3-10H2,1-2H3. The third kappa shape index (κ3) is 4.67. The maximum Gasteiger partial charge on any atom is 0.308 e. The lowest BCUT2D eigenvalue weighted by Crippen LogP contribution is -2.18. The number of unbranched alkanes of at least 4 members (excludes halogenated alkanes) is 4. The van der Waals surface area contributed by atoms with Crippen LogP contribution in [0.4, 0.5) is 0 Å². The van der Waals surface area contributed by atoms with E-state index in [1.54, 1.807) is 0 Å². The van der Waals surface area contributed by atoms with Gasteiger partial charge in [0, 0.05) is 0 Å². The molecule has 1 rings (SSSR count). The van der Waals surface area contributed by atoms with Crippen LogP contribution >= 0.6 is 0 Å². The van der Waals surface area contributed by atoms with E-state index in [9.17, 15) is 4.79 Å². The van der Waals surface area contributed by atoms with Gasteiger partial charge in [0.25, 0.3) is 0 Å². The Hall–Kier alpha value is -0.530. The van der Waals surface area contributed by atoms with Gasteiger partial charge in [-0.15, -0.1) is 0 Å². The largest absolute Gasteiger partial charge is 0.469 e. The van der Waals surface area contributed by atoms with E-state index in [0.29, 0.717) is 5.92 Å². The second-order valence-electron chi connectivity index (χ2n) is 4.67. The number of rotatable bonds is 8. The molecule has 1 fully saturated rings. The molecule has 1 atom stereocenters. The number of carbonyl (C=O) groups is 1. The molecule has 1 aliphatic rings. The summed E-state index contributed by atoms with van der Waals surface area (Å²) in [5, 5.41) is 0. The lowest BCUT2D eigenvalue weighted by molar-refractivity contribution is -0.146. The summed E-state index contributed by atoms with van der Waals surface area (Å²) in [4.78, 5) is 11.5. The summed E-state index contributed by atoms with van der Waals surface area (Å²) < 4.78 is 4.85. The molecule has 0 amide bonds. The smallest absolute Gasteiger partial charge is 0.308 e. The molecule has 0 bridgehead atoms. The van der Waals surface area contributed by atoms with Gasteiger partial charge in [0.2, 0.25) is 0 Å². The fraction of sp³-hybridized carbons (Fsp3) is 0.923. The van der Waals surface area contributed by atoms with Crippen molar-refractivity contribution in [1.82, 2.24) is 0 Å². The summed E-state index contributed by atoms with van der Waals surface area (Å²) in [6.07, 6.45) is 9.89. The molecule has 0 aromatic heterocycles. The van der Waals surface area contributed by atoms with Crippen molar-refractivity contribution in [2.75, 3.05) is 7.11 Å². The highest BCUT2D eigenvalue weighted by molar-refractivity contribution is 5.73. The summed E-state index contributed by atoms with van der Waals surface area (Å²) >= 11 is 0. The molecule has 0 radical (unpaired) electrons. The van der Waals surface area contributed by atoms with Gasteiger partial charge in [0.1, 0.15) is 0 Å². The van der Waals surface area contributed by atoms with Crippen LogP contribution in [0, 0.1) is 11.8 Å². The number of carbonyl (C=O) groups excluding carboxylic acids is 1. The normalized spacial score (nSPS) is 17.5. The van der Waals surface area contributed by atoms with Crippen molar-refractivity contribution in [3.63, 3.8) is 0 Å². The number of hydrogen-bond acceptors (Lipinski definition) is 2. The fourth-order valence-electron chi connectivity index (χ4n) is 2.16. The average molecular weight is 212 g/mol. The molecule has 0 spiro atoms. The Kier molecular flexibility index (Phi) is 5.74. The van der Waals surface area contributed by atoms with Crippen LogP contribution in [0.2, 0.25) is 0 Å². The molecule has 2 heteroatoms. The predicted molar refractivity (Wildman–Crippen MR) is 61.6 cm³/mol. The average Bonchev–Trinajstić information content (AvgIpc) is 3.06. The van der Waals surface area contributed by atoms with E-state index < -0.39 is 0 Å². The van der Waals surface area contributed by atoms with Crippen LogP contribution in [0.5, 0.6) is 0 Å². The first-order valence-corrected chi connectivity index (χ1v) is 6.37. The van der Waals surface area contributed by atoms with Crippen LogP contribution in [0.25, 0.3) is 0 Å². The van der Waals surface area contributed by atoms with Gasteiger partial charge in [-0.2, -0.15) is 0 Å². The van der Waals surface area contributed by atoms with Crippen molar-refractivity contribution < 1.29 is 9.53 Å². The topological polar surface area (TPSA) is 26.3 Å². The zero-order valence-corrected chi connectivity index (χ0v) is 10.1. The molecule has 0 saturated heterocycles. The van der Waals surface area contributed by atoms with Crippen molar-refractivity contribution in [3.8, 4) is 0 Å². The summed E-state index contributed by atoms with van der Waals surface area (Å²) in [6.45, 7) is 2.22. The number of methoxy groups -OCH3 is 1. The van der Waals surface area contributed by atoms with Crippen molar-refractivity contribution in [3.05, 3.63) is 0 Å². The van der Waals surface area contributed by atoms with Gasteiger partial charge >= 0.3 is 5.97 Å². The molecular weight excluding hydrogens is 188 g/mol. The maximum absolute atomic E-state index is 11.5. The number of esters is 1. The highest BCUT2D eigenvalue weighted by Crippen LogP contribution is 2.39. The van der Waals surface area contributed by atoms with E-state index in [4.69, 9.17) is 4.74 Å². The predicted octanol–water partition coefficient (Wildman–Crippen LogP) is 3.55. The fourth-order valence-corrected chi connectivity index (χ4v) is 2.16. The van der Waals surface area contributed by atoms with Crippen LogP contribution in [0.3, 0.4) is 0 Å². The monoisotopic (exact) mass is 212 g/mol. The first-order valence-electron chi connectivity index (χ1n) is 6.37. The molecule has 1 unspecified atom stereocenters. The molecule has 0 aromatic rings. The van der Waals surface area contributed by atoms with Crippen molar-refractivity contribution >= 4 is 5.97 Å². The summed E-state index contributed by atoms with van der Waals surface area (Å²) in [5.41, 5.74) is 0. The number of ether oxygens (including phenoxy) is 1. The SMILES string of the molecule is CCCCCCCC(C(=O)OC)C1CC1. The summed E-state index contributed by atoms with van der Waals surface area (Å²) in [5.74, 6) is 0.869. The van der Waals surface area contributed by atoms with Crippen molar-refractivity contribution in [1.29, 1.82) is 0 Å². The van der Waals surface area contributed by atoms with Gasteiger partial charge in [0.15, 0.2) is 0 Å². The van der Waals surface area contributed by atoms with E-state index in [-0.39, 0.29) is 11.9 Å². The molecule has 2 nitrogen and oxygen atoms in total. The van der Waals surface area contributed by atoms with Crippen LogP contribution in [0.1, 0.15) is 58.3 Å². The molecule has 1 saturated carbocycles. The third-order valence-corrected chi connectivity index (χ3v) is 3.31. The first kappa shape index (κ1) is 12.5. The molecular formula is C13H24O2. The zero-order chi connectivity index (χ0) is 11.1. The minimum Gasteiger partial charge on any atom is -0.469 e. The Labute approximate surface area is 93.4 Å². The minimum atomic E-state index is 0.0213. The van der Waals surface area contributed by atoms with E-state index in [1.807, 2.05) is 0 Å². The van der Waals surface area contributed by atoms with Crippen LogP contribution in [0.15, 0.2) is 0 Å². The van der Waals surface area contributed by atoms with Crippen LogP contribution in [-0.4, -0.2) is 13.1 Å². The second-order valence-corrected chi connectivity index (χ2v) is 4.67.